The molecule has 152 valence electrons. The number of nitro groups is 1. The van der Waals surface area contributed by atoms with Crippen molar-refractivity contribution in [3.63, 3.8) is 0 Å². The van der Waals surface area contributed by atoms with E-state index in [1.807, 2.05) is 0 Å². The fourth-order valence-electron chi connectivity index (χ4n) is 3.33. The molecule has 0 aromatic heterocycles. The van der Waals surface area contributed by atoms with Crippen molar-refractivity contribution < 1.29 is 23.9 Å². The van der Waals surface area contributed by atoms with Gasteiger partial charge >= 0.3 is 0 Å². The van der Waals surface area contributed by atoms with Crippen LogP contribution in [-0.2, 0) is 16.8 Å². The first-order valence-corrected chi connectivity index (χ1v) is 8.55. The standard InChI is InChI=1S/C19H20N4O6/c1-27-14-7-11(8-15(28-2)16(14)29-3)10-19(17(24)21-18(20)22-19)12-5-4-6-13(9-12)23(25)26/h4-9H,10H2,1-3H3,(H3,20,21,22,24)/t19-/m1/s1. The Labute approximate surface area is 166 Å². The number of benzene rings is 2. The van der Waals surface area contributed by atoms with Gasteiger partial charge in [0.1, 0.15) is 0 Å². The zero-order valence-corrected chi connectivity index (χ0v) is 16.1. The van der Waals surface area contributed by atoms with Crippen LogP contribution in [0.2, 0.25) is 0 Å². The van der Waals surface area contributed by atoms with Gasteiger partial charge in [-0.05, 0) is 23.3 Å². The molecule has 1 aliphatic heterocycles. The van der Waals surface area contributed by atoms with Crippen LogP contribution in [0.1, 0.15) is 11.1 Å². The molecule has 29 heavy (non-hydrogen) atoms. The number of rotatable bonds is 7. The van der Waals surface area contributed by atoms with Gasteiger partial charge in [0.15, 0.2) is 23.0 Å². The number of nitrogens with one attached hydrogen (secondary N) is 1. The van der Waals surface area contributed by atoms with Crippen molar-refractivity contribution in [3.05, 3.63) is 57.6 Å². The van der Waals surface area contributed by atoms with Gasteiger partial charge in [-0.2, -0.15) is 0 Å². The maximum absolute atomic E-state index is 12.9. The maximum Gasteiger partial charge on any atom is 0.269 e. The molecule has 0 radical (unpaired) electrons. The summed E-state index contributed by atoms with van der Waals surface area (Å²) in [6.07, 6.45) is 0.0669. The van der Waals surface area contributed by atoms with E-state index in [2.05, 4.69) is 10.3 Å². The second kappa shape index (κ2) is 7.66. The van der Waals surface area contributed by atoms with E-state index in [1.165, 1.54) is 39.5 Å². The second-order valence-corrected chi connectivity index (χ2v) is 6.33. The molecule has 0 spiro atoms. The van der Waals surface area contributed by atoms with Crippen molar-refractivity contribution in [1.82, 2.24) is 5.32 Å². The summed E-state index contributed by atoms with van der Waals surface area (Å²) in [5.74, 6) is 0.679. The Hall–Kier alpha value is -3.82. The number of guanidine groups is 1. The number of carbonyl (C=O) groups excluding carboxylic acids is 1. The van der Waals surface area contributed by atoms with E-state index in [-0.39, 0.29) is 18.1 Å². The Bertz CT molecular complexity index is 981. The van der Waals surface area contributed by atoms with E-state index in [4.69, 9.17) is 19.9 Å². The first-order chi connectivity index (χ1) is 13.8. The van der Waals surface area contributed by atoms with Crippen LogP contribution in [0.15, 0.2) is 41.4 Å². The molecule has 0 saturated carbocycles. The van der Waals surface area contributed by atoms with Crippen molar-refractivity contribution in [2.24, 2.45) is 10.7 Å². The molecule has 3 rings (SSSR count). The van der Waals surface area contributed by atoms with Gasteiger partial charge in [0.2, 0.25) is 5.75 Å². The topological polar surface area (TPSA) is 138 Å². The van der Waals surface area contributed by atoms with Gasteiger partial charge in [0.05, 0.1) is 26.3 Å². The molecule has 1 amide bonds. The highest BCUT2D eigenvalue weighted by molar-refractivity contribution is 6.07. The number of non-ortho nitro benzene ring substituents is 1. The number of hydrogen-bond acceptors (Lipinski definition) is 8. The quantitative estimate of drug-likeness (QED) is 0.530. The zero-order chi connectivity index (χ0) is 21.2. The summed E-state index contributed by atoms with van der Waals surface area (Å²) >= 11 is 0. The molecule has 1 heterocycles. The van der Waals surface area contributed by atoms with E-state index >= 15 is 0 Å². The molecule has 3 N–H and O–H groups in total. The normalized spacial score (nSPS) is 18.0. The molecule has 0 bridgehead atoms. The minimum absolute atomic E-state index is 0.0612. The van der Waals surface area contributed by atoms with Gasteiger partial charge in [-0.1, -0.05) is 12.1 Å². The van der Waals surface area contributed by atoms with Gasteiger partial charge in [0, 0.05) is 18.6 Å². The molecule has 10 heteroatoms. The summed E-state index contributed by atoms with van der Waals surface area (Å²) < 4.78 is 16.1. The summed E-state index contributed by atoms with van der Waals surface area (Å²) in [6, 6.07) is 9.15. The van der Waals surface area contributed by atoms with Crippen LogP contribution in [0.25, 0.3) is 0 Å². The fraction of sp³-hybridized carbons (Fsp3) is 0.263. The molecule has 2 aromatic rings. The van der Waals surface area contributed by atoms with Gasteiger partial charge in [-0.3, -0.25) is 20.2 Å². The van der Waals surface area contributed by atoms with Crippen molar-refractivity contribution in [1.29, 1.82) is 0 Å². The SMILES string of the molecule is COc1cc(C[C@]2(c3cccc([N+](=O)[O-])c3)N=C(N)NC2=O)cc(OC)c1OC. The molecule has 0 fully saturated rings. The van der Waals surface area contributed by atoms with Crippen molar-refractivity contribution >= 4 is 17.6 Å². The smallest absolute Gasteiger partial charge is 0.269 e. The van der Waals surface area contributed by atoms with Crippen LogP contribution in [0, 0.1) is 10.1 Å². The van der Waals surface area contributed by atoms with E-state index in [0.717, 1.165) is 0 Å². The molecule has 0 aliphatic carbocycles. The van der Waals surface area contributed by atoms with Crippen LogP contribution in [0.3, 0.4) is 0 Å². The van der Waals surface area contributed by atoms with E-state index in [1.54, 1.807) is 18.2 Å². The largest absolute Gasteiger partial charge is 0.493 e. The number of carbonyl (C=O) groups is 1. The number of methoxy groups -OCH3 is 3. The molecule has 0 unspecified atom stereocenters. The number of nitro benzene ring substituents is 1. The van der Waals surface area contributed by atoms with Gasteiger partial charge in [-0.25, -0.2) is 4.99 Å². The summed E-state index contributed by atoms with van der Waals surface area (Å²) in [6.45, 7) is 0. The predicted molar refractivity (Wildman–Crippen MR) is 104 cm³/mol. The van der Waals surface area contributed by atoms with Crippen molar-refractivity contribution in [3.8, 4) is 17.2 Å². The molecular weight excluding hydrogens is 380 g/mol. The summed E-state index contributed by atoms with van der Waals surface area (Å²) in [7, 11) is 4.45. The molecule has 0 saturated heterocycles. The molecule has 1 aliphatic rings. The van der Waals surface area contributed by atoms with Crippen LogP contribution in [0.5, 0.6) is 17.2 Å². The zero-order valence-electron chi connectivity index (χ0n) is 16.1. The Morgan fingerprint density at radius 3 is 2.28 bits per heavy atom. The van der Waals surface area contributed by atoms with E-state index < -0.39 is 16.4 Å². The van der Waals surface area contributed by atoms with Crippen molar-refractivity contribution in [2.75, 3.05) is 21.3 Å². The number of amides is 1. The number of aliphatic imine (C=N–C) groups is 1. The first kappa shape index (κ1) is 19.9. The molecule has 2 aromatic carbocycles. The van der Waals surface area contributed by atoms with Gasteiger partial charge < -0.3 is 19.9 Å². The number of ether oxygens (including phenoxy) is 3. The summed E-state index contributed by atoms with van der Waals surface area (Å²) in [4.78, 5) is 27.9. The third kappa shape index (κ3) is 3.51. The van der Waals surface area contributed by atoms with E-state index in [0.29, 0.717) is 28.4 Å². The minimum atomic E-state index is -1.47. The van der Waals surface area contributed by atoms with E-state index in [9.17, 15) is 14.9 Å². The monoisotopic (exact) mass is 400 g/mol. The van der Waals surface area contributed by atoms with Crippen LogP contribution in [-0.4, -0.2) is 38.1 Å². The number of hydrogen-bond donors (Lipinski definition) is 2. The second-order valence-electron chi connectivity index (χ2n) is 6.33. The molecular formula is C19H20N4O6. The Balaban J connectivity index is 2.15. The third-order valence-electron chi connectivity index (χ3n) is 4.65. The van der Waals surface area contributed by atoms with Crippen LogP contribution in [0.4, 0.5) is 5.69 Å². The highest BCUT2D eigenvalue weighted by Crippen LogP contribution is 2.41. The summed E-state index contributed by atoms with van der Waals surface area (Å²) in [5.41, 5.74) is 5.12. The lowest BCUT2D eigenvalue weighted by Crippen LogP contribution is -2.40. The number of nitrogens with two attached hydrogens (primary N) is 1. The van der Waals surface area contributed by atoms with Crippen LogP contribution >= 0.6 is 0 Å². The Morgan fingerprint density at radius 2 is 1.79 bits per heavy atom. The molecule has 1 atom stereocenters. The maximum atomic E-state index is 12.9. The lowest BCUT2D eigenvalue weighted by molar-refractivity contribution is -0.384. The third-order valence-corrected chi connectivity index (χ3v) is 4.65. The average molecular weight is 400 g/mol. The van der Waals surface area contributed by atoms with Gasteiger partial charge in [-0.15, -0.1) is 0 Å². The lowest BCUT2D eigenvalue weighted by atomic mass is 9.83. The lowest BCUT2D eigenvalue weighted by Gasteiger charge is -2.24. The van der Waals surface area contributed by atoms with Gasteiger partial charge in [0.25, 0.3) is 11.6 Å². The first-order valence-electron chi connectivity index (χ1n) is 8.55. The highest BCUT2D eigenvalue weighted by atomic mass is 16.6. The summed E-state index contributed by atoms with van der Waals surface area (Å²) in [5, 5.41) is 13.7. The highest BCUT2D eigenvalue weighted by Gasteiger charge is 2.45. The fourth-order valence-corrected chi connectivity index (χ4v) is 3.33. The van der Waals surface area contributed by atoms with Crippen molar-refractivity contribution in [2.45, 2.75) is 12.0 Å². The minimum Gasteiger partial charge on any atom is -0.493 e. The predicted octanol–water partition coefficient (Wildman–Crippen LogP) is 1.50. The van der Waals surface area contributed by atoms with Crippen LogP contribution < -0.4 is 25.3 Å². The Kier molecular flexibility index (Phi) is 5.26. The number of nitrogens with zero attached hydrogens (tertiary/aromatic N) is 2. The average Bonchev–Trinajstić information content (AvgIpc) is 3.00. The Morgan fingerprint density at radius 1 is 1.14 bits per heavy atom. The molecule has 10 nitrogen and oxygen atoms in total.